The van der Waals surface area contributed by atoms with Crippen LogP contribution in [0.15, 0.2) is 24.4 Å². The first-order valence-corrected chi connectivity index (χ1v) is 15.9. The van der Waals surface area contributed by atoms with Crippen LogP contribution in [0.5, 0.6) is 0 Å². The summed E-state index contributed by atoms with van der Waals surface area (Å²) in [5, 5.41) is 2.48. The molecule has 0 radical (unpaired) electrons. The van der Waals surface area contributed by atoms with Crippen LogP contribution in [0.2, 0.25) is 0 Å². The van der Waals surface area contributed by atoms with Crippen LogP contribution in [0.4, 0.5) is 13.6 Å². The summed E-state index contributed by atoms with van der Waals surface area (Å²) in [6.07, 6.45) is 17.0. The van der Waals surface area contributed by atoms with Crippen LogP contribution in [0.25, 0.3) is 11.3 Å². The Morgan fingerprint density at radius 1 is 1.16 bits per heavy atom. The standard InChI is InChI=1S/C35H50F2N4O3/c1-8-26-20-25(16-14-12-10-9-11-13-15-19-34(4,5)6)17-18-27(26)28-22-38-31(39-28)29-21-35(36,37)23-41(29)32(42)30(24(2)3)40-33(43)44-7/h1,17-18,20,22,24,29-30H,9-16,19,21,23H2,2-7H3,(H,38,39)(H,40,43). The van der Waals surface area contributed by atoms with Crippen molar-refractivity contribution >= 4 is 12.0 Å². The van der Waals surface area contributed by atoms with Crippen molar-refractivity contribution in [2.24, 2.45) is 11.3 Å². The van der Waals surface area contributed by atoms with Crippen molar-refractivity contribution in [3.8, 4) is 23.6 Å². The number of nitrogens with zero attached hydrogens (tertiary/aromatic N) is 2. The molecule has 1 aliphatic rings. The Bertz CT molecular complexity index is 1290. The van der Waals surface area contributed by atoms with Gasteiger partial charge in [0.2, 0.25) is 5.91 Å². The van der Waals surface area contributed by atoms with E-state index in [-0.39, 0.29) is 11.7 Å². The molecule has 0 saturated carbocycles. The number of H-pyrrole nitrogens is 1. The van der Waals surface area contributed by atoms with E-state index >= 15 is 0 Å². The highest BCUT2D eigenvalue weighted by molar-refractivity contribution is 5.86. The highest BCUT2D eigenvalue weighted by Gasteiger charge is 2.50. The summed E-state index contributed by atoms with van der Waals surface area (Å²) in [4.78, 5) is 33.9. The Hall–Kier alpha value is -3.41. The van der Waals surface area contributed by atoms with Crippen molar-refractivity contribution in [1.82, 2.24) is 20.2 Å². The topological polar surface area (TPSA) is 87.3 Å². The third kappa shape index (κ3) is 10.1. The van der Waals surface area contributed by atoms with E-state index in [2.05, 4.69) is 52.8 Å². The number of carbonyl (C=O) groups is 2. The number of likely N-dealkylation sites (tertiary alicyclic amines) is 1. The number of rotatable bonds is 14. The summed E-state index contributed by atoms with van der Waals surface area (Å²) >= 11 is 0. The van der Waals surface area contributed by atoms with Gasteiger partial charge >= 0.3 is 6.09 Å². The third-order valence-electron chi connectivity index (χ3n) is 8.28. The molecular weight excluding hydrogens is 562 g/mol. The molecule has 44 heavy (non-hydrogen) atoms. The molecule has 2 heterocycles. The van der Waals surface area contributed by atoms with Gasteiger partial charge in [-0.15, -0.1) is 6.42 Å². The number of methoxy groups -OCH3 is 1. The minimum atomic E-state index is -3.10. The van der Waals surface area contributed by atoms with Crippen LogP contribution in [0.1, 0.15) is 115 Å². The number of carbonyl (C=O) groups excluding carboxylic acids is 2. The first kappa shape index (κ1) is 35.1. The van der Waals surface area contributed by atoms with Gasteiger partial charge < -0.3 is 19.9 Å². The molecule has 9 heteroatoms. The number of alkyl carbamates (subject to hydrolysis) is 1. The Kier molecular flexibility index (Phi) is 12.4. The fourth-order valence-electron chi connectivity index (χ4n) is 5.78. The fourth-order valence-corrected chi connectivity index (χ4v) is 5.78. The average Bonchev–Trinajstić information content (AvgIpc) is 3.57. The van der Waals surface area contributed by atoms with Crippen molar-refractivity contribution in [3.05, 3.63) is 41.3 Å². The molecule has 1 aromatic heterocycles. The zero-order valence-corrected chi connectivity index (χ0v) is 27.3. The van der Waals surface area contributed by atoms with E-state index in [1.165, 1.54) is 52.1 Å². The van der Waals surface area contributed by atoms with Gasteiger partial charge in [-0.25, -0.2) is 18.6 Å². The summed E-state index contributed by atoms with van der Waals surface area (Å²) in [5.74, 6) is -1.05. The predicted octanol–water partition coefficient (Wildman–Crippen LogP) is 8.06. The Labute approximate surface area is 261 Å². The SMILES string of the molecule is C#Cc1cc(CCCCCCCCCC(C)(C)C)ccc1-c1cnc(C2CC(F)(F)CN2C(=O)C(NC(=O)OC)C(C)C)[nH]1. The van der Waals surface area contributed by atoms with Gasteiger partial charge in [-0.1, -0.05) is 91.2 Å². The lowest BCUT2D eigenvalue weighted by molar-refractivity contribution is -0.136. The van der Waals surface area contributed by atoms with E-state index in [1.54, 1.807) is 20.0 Å². The maximum absolute atomic E-state index is 14.7. The molecule has 0 aliphatic carbocycles. The molecule has 1 saturated heterocycles. The molecule has 1 aliphatic heterocycles. The van der Waals surface area contributed by atoms with E-state index in [1.807, 2.05) is 12.1 Å². The number of ether oxygens (including phenoxy) is 1. The second-order valence-electron chi connectivity index (χ2n) is 13.6. The molecule has 242 valence electrons. The van der Waals surface area contributed by atoms with Crippen LogP contribution >= 0.6 is 0 Å². The van der Waals surface area contributed by atoms with Crippen molar-refractivity contribution in [2.45, 2.75) is 117 Å². The number of nitrogens with one attached hydrogen (secondary N) is 2. The Morgan fingerprint density at radius 3 is 2.43 bits per heavy atom. The van der Waals surface area contributed by atoms with Gasteiger partial charge in [-0.2, -0.15) is 0 Å². The predicted molar refractivity (Wildman–Crippen MR) is 170 cm³/mol. The number of hydrogen-bond donors (Lipinski definition) is 2. The second-order valence-corrected chi connectivity index (χ2v) is 13.6. The summed E-state index contributed by atoms with van der Waals surface area (Å²) in [6, 6.07) is 3.99. The molecule has 1 aromatic carbocycles. The molecule has 2 atom stereocenters. The number of aryl methyl sites for hydroxylation is 1. The van der Waals surface area contributed by atoms with Gasteiger partial charge in [0.25, 0.3) is 5.92 Å². The van der Waals surface area contributed by atoms with Gasteiger partial charge in [0.05, 0.1) is 31.6 Å². The van der Waals surface area contributed by atoms with E-state index in [9.17, 15) is 18.4 Å². The summed E-state index contributed by atoms with van der Waals surface area (Å²) in [6.45, 7) is 9.59. The number of amides is 2. The molecule has 3 rings (SSSR count). The van der Waals surface area contributed by atoms with Gasteiger partial charge in [0, 0.05) is 17.5 Å². The van der Waals surface area contributed by atoms with Crippen LogP contribution in [-0.4, -0.2) is 52.5 Å². The molecular formula is C35H50F2N4O3. The number of aromatic amines is 1. The van der Waals surface area contributed by atoms with Gasteiger partial charge in [0.1, 0.15) is 11.9 Å². The smallest absolute Gasteiger partial charge is 0.407 e. The third-order valence-corrected chi connectivity index (χ3v) is 8.28. The van der Waals surface area contributed by atoms with Crippen LogP contribution in [-0.2, 0) is 16.0 Å². The first-order valence-electron chi connectivity index (χ1n) is 15.9. The molecule has 7 nitrogen and oxygen atoms in total. The molecule has 2 unspecified atom stereocenters. The largest absolute Gasteiger partial charge is 0.453 e. The van der Waals surface area contributed by atoms with Crippen molar-refractivity contribution in [1.29, 1.82) is 0 Å². The molecule has 0 bridgehead atoms. The fraction of sp³-hybridized carbons (Fsp3) is 0.629. The number of alkyl halides is 2. The van der Waals surface area contributed by atoms with Crippen LogP contribution in [0.3, 0.4) is 0 Å². The normalized spacial score (nSPS) is 17.0. The molecule has 1 fully saturated rings. The van der Waals surface area contributed by atoms with E-state index < -0.39 is 43.0 Å². The number of benzene rings is 1. The van der Waals surface area contributed by atoms with E-state index in [0.29, 0.717) is 16.7 Å². The average molecular weight is 613 g/mol. The van der Waals surface area contributed by atoms with Gasteiger partial charge in [-0.05, 0) is 42.2 Å². The zero-order chi connectivity index (χ0) is 32.5. The van der Waals surface area contributed by atoms with Crippen molar-refractivity contribution in [3.63, 3.8) is 0 Å². The van der Waals surface area contributed by atoms with Gasteiger partial charge in [-0.3, -0.25) is 4.79 Å². The monoisotopic (exact) mass is 612 g/mol. The maximum Gasteiger partial charge on any atom is 0.407 e. The lowest BCUT2D eigenvalue weighted by Crippen LogP contribution is -2.51. The molecule has 0 spiro atoms. The maximum atomic E-state index is 14.7. The number of halogens is 2. The minimum Gasteiger partial charge on any atom is -0.453 e. The number of aromatic nitrogens is 2. The number of unbranched alkanes of at least 4 members (excludes halogenated alkanes) is 6. The molecule has 2 N–H and O–H groups in total. The number of imidazole rings is 1. The van der Waals surface area contributed by atoms with E-state index in [0.717, 1.165) is 28.9 Å². The highest BCUT2D eigenvalue weighted by Crippen LogP contribution is 2.41. The van der Waals surface area contributed by atoms with Crippen LogP contribution in [0, 0.1) is 23.7 Å². The van der Waals surface area contributed by atoms with Crippen LogP contribution < -0.4 is 5.32 Å². The van der Waals surface area contributed by atoms with E-state index in [4.69, 9.17) is 6.42 Å². The zero-order valence-electron chi connectivity index (χ0n) is 27.3. The summed E-state index contributed by atoms with van der Waals surface area (Å²) in [7, 11) is 1.18. The lowest BCUT2D eigenvalue weighted by Gasteiger charge is -2.29. The number of hydrogen-bond acceptors (Lipinski definition) is 4. The Balaban J connectivity index is 1.63. The first-order chi connectivity index (χ1) is 20.7. The van der Waals surface area contributed by atoms with Crippen molar-refractivity contribution in [2.75, 3.05) is 13.7 Å². The second kappa shape index (κ2) is 15.5. The molecule has 2 aromatic rings. The Morgan fingerprint density at radius 2 is 1.82 bits per heavy atom. The minimum absolute atomic E-state index is 0.247. The summed E-state index contributed by atoms with van der Waals surface area (Å²) < 4.78 is 34.0. The number of terminal acetylenes is 1. The highest BCUT2D eigenvalue weighted by atomic mass is 19.3. The van der Waals surface area contributed by atoms with Crippen molar-refractivity contribution < 1.29 is 23.1 Å². The quantitative estimate of drug-likeness (QED) is 0.167. The summed E-state index contributed by atoms with van der Waals surface area (Å²) in [5.41, 5.74) is 3.63. The lowest BCUT2D eigenvalue weighted by atomic mass is 9.89. The van der Waals surface area contributed by atoms with Gasteiger partial charge in [0.15, 0.2) is 0 Å². The molecule has 2 amide bonds.